The lowest BCUT2D eigenvalue weighted by atomic mass is 10.3. The summed E-state index contributed by atoms with van der Waals surface area (Å²) in [5, 5.41) is 4.98. The van der Waals surface area contributed by atoms with Crippen molar-refractivity contribution in [2.45, 2.75) is 10.4 Å². The Labute approximate surface area is 86.3 Å². The number of benzene rings is 1. The maximum atomic E-state index is 4.51. The van der Waals surface area contributed by atoms with Gasteiger partial charge in [0.1, 0.15) is 0 Å². The predicted molar refractivity (Wildman–Crippen MR) is 58.6 cm³/mol. The molecule has 0 aliphatic carbocycles. The maximum Gasteiger partial charge on any atom is 0.166 e. The SMILES string of the molecule is c1ccc2[nH]c(SC3CNC3)nc2c1. The highest BCUT2D eigenvalue weighted by Crippen LogP contribution is 2.24. The Morgan fingerprint density at radius 3 is 2.86 bits per heavy atom. The van der Waals surface area contributed by atoms with Crippen molar-refractivity contribution in [1.29, 1.82) is 0 Å². The van der Waals surface area contributed by atoms with E-state index < -0.39 is 0 Å². The first-order valence-corrected chi connectivity index (χ1v) is 5.62. The third-order valence-electron chi connectivity index (χ3n) is 2.39. The molecular weight excluding hydrogens is 194 g/mol. The topological polar surface area (TPSA) is 40.7 Å². The Hall–Kier alpha value is -1.00. The van der Waals surface area contributed by atoms with E-state index in [-0.39, 0.29) is 0 Å². The van der Waals surface area contributed by atoms with Crippen LogP contribution in [-0.2, 0) is 0 Å². The van der Waals surface area contributed by atoms with E-state index in [4.69, 9.17) is 0 Å². The van der Waals surface area contributed by atoms with Gasteiger partial charge in [-0.05, 0) is 12.1 Å². The molecule has 72 valence electrons. The number of para-hydroxylation sites is 2. The Morgan fingerprint density at radius 2 is 2.14 bits per heavy atom. The smallest absolute Gasteiger partial charge is 0.166 e. The van der Waals surface area contributed by atoms with Gasteiger partial charge in [0.15, 0.2) is 5.16 Å². The highest BCUT2D eigenvalue weighted by molar-refractivity contribution is 7.99. The number of hydrogen-bond acceptors (Lipinski definition) is 3. The van der Waals surface area contributed by atoms with Crippen molar-refractivity contribution in [2.75, 3.05) is 13.1 Å². The molecule has 2 aromatic rings. The average Bonchev–Trinajstić information content (AvgIpc) is 2.53. The molecule has 1 aliphatic heterocycles. The maximum absolute atomic E-state index is 4.51. The highest BCUT2D eigenvalue weighted by Gasteiger charge is 2.19. The summed E-state index contributed by atoms with van der Waals surface area (Å²) >= 11 is 1.83. The molecule has 1 aromatic carbocycles. The molecule has 2 N–H and O–H groups in total. The minimum absolute atomic E-state index is 0.690. The van der Waals surface area contributed by atoms with Crippen LogP contribution in [0.3, 0.4) is 0 Å². The molecule has 3 rings (SSSR count). The van der Waals surface area contributed by atoms with Crippen LogP contribution in [0.1, 0.15) is 0 Å². The van der Waals surface area contributed by atoms with Crippen molar-refractivity contribution in [3.05, 3.63) is 24.3 Å². The summed E-state index contributed by atoms with van der Waals surface area (Å²) in [5.74, 6) is 0. The van der Waals surface area contributed by atoms with Crippen molar-refractivity contribution in [3.8, 4) is 0 Å². The molecule has 0 saturated carbocycles. The van der Waals surface area contributed by atoms with Crippen molar-refractivity contribution in [3.63, 3.8) is 0 Å². The van der Waals surface area contributed by atoms with Gasteiger partial charge in [-0.2, -0.15) is 0 Å². The van der Waals surface area contributed by atoms with Gasteiger partial charge in [-0.25, -0.2) is 4.98 Å². The molecule has 1 saturated heterocycles. The predicted octanol–water partition coefficient (Wildman–Crippen LogP) is 1.63. The second-order valence-corrected chi connectivity index (χ2v) is 4.75. The Morgan fingerprint density at radius 1 is 1.29 bits per heavy atom. The summed E-state index contributed by atoms with van der Waals surface area (Å²) in [6.45, 7) is 2.20. The van der Waals surface area contributed by atoms with Gasteiger partial charge in [0.2, 0.25) is 0 Å². The van der Waals surface area contributed by atoms with Gasteiger partial charge in [-0.15, -0.1) is 0 Å². The van der Waals surface area contributed by atoms with E-state index in [1.807, 2.05) is 30.0 Å². The van der Waals surface area contributed by atoms with Crippen molar-refractivity contribution < 1.29 is 0 Å². The zero-order chi connectivity index (χ0) is 9.38. The standard InChI is InChI=1S/C10H11N3S/c1-2-4-9-8(3-1)12-10(13-9)14-7-5-11-6-7/h1-4,7,11H,5-6H2,(H,12,13). The van der Waals surface area contributed by atoms with Crippen LogP contribution < -0.4 is 5.32 Å². The first-order valence-electron chi connectivity index (χ1n) is 4.74. The molecule has 1 fully saturated rings. The molecule has 0 amide bonds. The molecule has 1 aromatic heterocycles. The number of aromatic nitrogens is 2. The number of H-pyrrole nitrogens is 1. The van der Waals surface area contributed by atoms with Crippen molar-refractivity contribution in [1.82, 2.24) is 15.3 Å². The highest BCUT2D eigenvalue weighted by atomic mass is 32.2. The zero-order valence-corrected chi connectivity index (χ0v) is 8.47. The Kier molecular flexibility index (Phi) is 1.96. The van der Waals surface area contributed by atoms with Crippen LogP contribution in [-0.4, -0.2) is 28.3 Å². The second kappa shape index (κ2) is 3.29. The van der Waals surface area contributed by atoms with Crippen LogP contribution in [0.2, 0.25) is 0 Å². The summed E-state index contributed by atoms with van der Waals surface area (Å²) in [7, 11) is 0. The van der Waals surface area contributed by atoms with Crippen LogP contribution in [0.5, 0.6) is 0 Å². The third-order valence-corrected chi connectivity index (χ3v) is 3.47. The lowest BCUT2D eigenvalue weighted by Crippen LogP contribution is -2.44. The minimum Gasteiger partial charge on any atom is -0.333 e. The first kappa shape index (κ1) is 8.32. The van der Waals surface area contributed by atoms with Crippen LogP contribution >= 0.6 is 11.8 Å². The lowest BCUT2D eigenvalue weighted by Gasteiger charge is -2.24. The van der Waals surface area contributed by atoms with Gasteiger partial charge in [0.05, 0.1) is 11.0 Å². The van der Waals surface area contributed by atoms with Crippen LogP contribution in [0.4, 0.5) is 0 Å². The summed E-state index contributed by atoms with van der Waals surface area (Å²) < 4.78 is 0. The van der Waals surface area contributed by atoms with E-state index in [0.29, 0.717) is 5.25 Å². The van der Waals surface area contributed by atoms with Crippen LogP contribution in [0.25, 0.3) is 11.0 Å². The largest absolute Gasteiger partial charge is 0.333 e. The fraction of sp³-hybridized carbons (Fsp3) is 0.300. The molecule has 0 atom stereocenters. The minimum atomic E-state index is 0.690. The van der Waals surface area contributed by atoms with Gasteiger partial charge in [0.25, 0.3) is 0 Å². The number of rotatable bonds is 2. The molecule has 1 aliphatic rings. The number of fused-ring (bicyclic) bond motifs is 1. The van der Waals surface area contributed by atoms with E-state index >= 15 is 0 Å². The van der Waals surface area contributed by atoms with Gasteiger partial charge in [-0.1, -0.05) is 23.9 Å². The molecular formula is C10H11N3S. The molecule has 0 radical (unpaired) electrons. The fourth-order valence-electron chi connectivity index (χ4n) is 1.49. The van der Waals surface area contributed by atoms with E-state index in [9.17, 15) is 0 Å². The van der Waals surface area contributed by atoms with Gasteiger partial charge in [0, 0.05) is 18.3 Å². The van der Waals surface area contributed by atoms with E-state index in [0.717, 1.165) is 29.3 Å². The zero-order valence-electron chi connectivity index (χ0n) is 7.66. The van der Waals surface area contributed by atoms with E-state index in [2.05, 4.69) is 21.4 Å². The average molecular weight is 205 g/mol. The number of nitrogens with zero attached hydrogens (tertiary/aromatic N) is 1. The first-order chi connectivity index (χ1) is 6.92. The number of hydrogen-bond donors (Lipinski definition) is 2. The van der Waals surface area contributed by atoms with E-state index in [1.165, 1.54) is 0 Å². The molecule has 0 unspecified atom stereocenters. The number of thioether (sulfide) groups is 1. The lowest BCUT2D eigenvalue weighted by molar-refractivity contribution is 0.543. The molecule has 3 nitrogen and oxygen atoms in total. The van der Waals surface area contributed by atoms with Crippen LogP contribution in [0, 0.1) is 0 Å². The summed E-state index contributed by atoms with van der Waals surface area (Å²) in [5.41, 5.74) is 2.18. The third kappa shape index (κ3) is 1.40. The van der Waals surface area contributed by atoms with Gasteiger partial charge < -0.3 is 10.3 Å². The second-order valence-electron chi connectivity index (χ2n) is 3.46. The fourth-order valence-corrected chi connectivity index (χ4v) is 2.53. The monoisotopic (exact) mass is 205 g/mol. The number of imidazole rings is 1. The number of aromatic amines is 1. The van der Waals surface area contributed by atoms with Gasteiger partial charge in [-0.3, -0.25) is 0 Å². The Bertz CT molecular complexity index is 414. The summed E-state index contributed by atoms with van der Waals surface area (Å²) in [6.07, 6.45) is 0. The van der Waals surface area contributed by atoms with Crippen molar-refractivity contribution >= 4 is 22.8 Å². The van der Waals surface area contributed by atoms with E-state index in [1.54, 1.807) is 0 Å². The summed E-state index contributed by atoms with van der Waals surface area (Å²) in [4.78, 5) is 7.83. The molecule has 0 spiro atoms. The molecule has 14 heavy (non-hydrogen) atoms. The van der Waals surface area contributed by atoms with Gasteiger partial charge >= 0.3 is 0 Å². The van der Waals surface area contributed by atoms with Crippen molar-refractivity contribution in [2.24, 2.45) is 0 Å². The summed E-state index contributed by atoms with van der Waals surface area (Å²) in [6, 6.07) is 8.14. The molecule has 2 heterocycles. The Balaban J connectivity index is 1.89. The van der Waals surface area contributed by atoms with Crippen LogP contribution in [0.15, 0.2) is 29.4 Å². The normalized spacial score (nSPS) is 17.1. The molecule has 0 bridgehead atoms. The molecule has 4 heteroatoms. The number of nitrogens with one attached hydrogen (secondary N) is 2. The quantitative estimate of drug-likeness (QED) is 0.783.